The highest BCUT2D eigenvalue weighted by Gasteiger charge is 2.30. The number of hydrogen-bond donors (Lipinski definition) is 0. The molecular formula is C83H93N5O. The van der Waals surface area contributed by atoms with Gasteiger partial charge in [0.15, 0.2) is 0 Å². The van der Waals surface area contributed by atoms with Crippen LogP contribution in [0.15, 0.2) is 182 Å². The lowest BCUT2D eigenvalue weighted by molar-refractivity contribution is -0.589. The predicted molar refractivity (Wildman–Crippen MR) is 375 cm³/mol. The van der Waals surface area contributed by atoms with Crippen molar-refractivity contribution in [1.29, 1.82) is 0 Å². The molecule has 0 N–H and O–H groups in total. The Hall–Kier alpha value is -8.35. The molecule has 0 atom stereocenters. The van der Waals surface area contributed by atoms with Crippen LogP contribution >= 0.6 is 0 Å². The molecule has 11 rings (SSSR count). The lowest BCUT2D eigenvalue weighted by Gasteiger charge is -2.28. The number of nitrogens with zero attached hydrogens (tertiary/aromatic N) is 5. The third-order valence-electron chi connectivity index (χ3n) is 17.7. The Morgan fingerprint density at radius 3 is 1.38 bits per heavy atom. The molecule has 0 amide bonds. The van der Waals surface area contributed by atoms with Gasteiger partial charge in [0, 0.05) is 34.3 Å². The van der Waals surface area contributed by atoms with E-state index in [0.717, 1.165) is 78.2 Å². The molecule has 3 heterocycles. The van der Waals surface area contributed by atoms with Crippen LogP contribution in [0.4, 0.5) is 0 Å². The zero-order valence-corrected chi connectivity index (χ0v) is 57.0. The lowest BCUT2D eigenvalue weighted by atomic mass is 9.77. The van der Waals surface area contributed by atoms with Crippen molar-refractivity contribution in [1.82, 2.24) is 19.3 Å². The van der Waals surface area contributed by atoms with E-state index < -0.39 is 0 Å². The summed E-state index contributed by atoms with van der Waals surface area (Å²) >= 11 is 0. The first-order valence-electron chi connectivity index (χ1n) is 32.0. The maximum Gasteiger partial charge on any atom is 0.233 e. The predicted octanol–water partition coefficient (Wildman–Crippen LogP) is 22.0. The second-order valence-electron chi connectivity index (χ2n) is 32.1. The van der Waals surface area contributed by atoms with Gasteiger partial charge in [0.25, 0.3) is 0 Å². The Balaban J connectivity index is 1.15. The van der Waals surface area contributed by atoms with Crippen LogP contribution in [-0.4, -0.2) is 19.3 Å². The van der Waals surface area contributed by atoms with E-state index >= 15 is 0 Å². The summed E-state index contributed by atoms with van der Waals surface area (Å²) in [7, 11) is 0. The van der Waals surface area contributed by atoms with Gasteiger partial charge in [-0.25, -0.2) is 4.98 Å². The normalized spacial score (nSPS) is 13.0. The van der Waals surface area contributed by atoms with E-state index in [9.17, 15) is 0 Å². The number of aromatic nitrogens is 5. The number of rotatable bonds is 9. The fraction of sp³-hybridized carbons (Fsp3) is 0.337. The Bertz CT molecular complexity index is 4290. The summed E-state index contributed by atoms with van der Waals surface area (Å²) in [5, 5.41) is 8.11. The van der Waals surface area contributed by atoms with Crippen LogP contribution in [0.3, 0.4) is 0 Å². The van der Waals surface area contributed by atoms with Crippen molar-refractivity contribution >= 4 is 21.8 Å². The van der Waals surface area contributed by atoms with Gasteiger partial charge in [-0.15, -0.1) is 0 Å². The van der Waals surface area contributed by atoms with E-state index in [1.807, 2.05) is 16.9 Å². The number of fused-ring (bicyclic) bond motifs is 3. The average Bonchev–Trinajstić information content (AvgIpc) is 1.76. The van der Waals surface area contributed by atoms with E-state index in [-0.39, 0.29) is 37.9 Å². The molecule has 0 spiro atoms. The Labute approximate surface area is 531 Å². The standard InChI is InChI=1S/C83H93N5O/c1-77(2,3)57-37-38-84-74(49-57)88-72-36-33-54(53-27-23-22-24-28-53)43-71(72)70-35-34-67(51-73(70)88)89-66-30-25-29-64(50-66)87-52-86(65-47-62(82(16,17)18)46-63(48-65)83(19,20)21)76(85-87)75-68(55-39-58(78(4,5)6)44-59(40-55)79(7,8)9)31-26-32-69(75)56-41-60(80(10,11)12)45-61(42-56)81(13,14)15/h22-51H,1-21H3. The topological polar surface area (TPSA) is 48.8 Å². The average molecular weight is 1180 g/mol. The Morgan fingerprint density at radius 1 is 0.371 bits per heavy atom. The molecule has 0 fully saturated rings. The number of benzene rings is 8. The van der Waals surface area contributed by atoms with Crippen LogP contribution in [0.5, 0.6) is 11.5 Å². The number of hydrogen-bond acceptors (Lipinski definition) is 3. The van der Waals surface area contributed by atoms with Gasteiger partial charge in [0.05, 0.1) is 16.7 Å². The van der Waals surface area contributed by atoms with E-state index in [0.29, 0.717) is 11.5 Å². The zero-order valence-electron chi connectivity index (χ0n) is 57.0. The molecule has 456 valence electrons. The SMILES string of the molecule is CC(C)(C)c1cc(-c2cccc(-c3cc(C(C)(C)C)cc(C(C)(C)C)c3)c2-c2nn(-c3cccc(Oc4ccc5c6cc(-c7ccccc7)ccc6n(-c6cc(C(C)(C)C)ccn6)c5c4)c3)[c-][n+]2-c2cc(C(C)(C)C)cc(C(C)(C)C)c2)cc(C(C)(C)C)c1. The quantitative estimate of drug-likeness (QED) is 0.107. The molecule has 0 aliphatic carbocycles. The van der Waals surface area contributed by atoms with Gasteiger partial charge >= 0.3 is 0 Å². The third kappa shape index (κ3) is 12.8. The van der Waals surface area contributed by atoms with Crippen molar-refractivity contribution in [2.75, 3.05) is 0 Å². The van der Waals surface area contributed by atoms with Crippen LogP contribution in [0.1, 0.15) is 184 Å². The van der Waals surface area contributed by atoms with Crippen molar-refractivity contribution in [3.05, 3.63) is 227 Å². The maximum absolute atomic E-state index is 7.03. The van der Waals surface area contributed by atoms with Gasteiger partial charge in [-0.05, 0) is 164 Å². The highest BCUT2D eigenvalue weighted by molar-refractivity contribution is 6.10. The molecule has 89 heavy (non-hydrogen) atoms. The lowest BCUT2D eigenvalue weighted by Crippen LogP contribution is -2.33. The Morgan fingerprint density at radius 2 is 0.865 bits per heavy atom. The van der Waals surface area contributed by atoms with Gasteiger partial charge in [-0.2, -0.15) is 4.68 Å². The number of pyridine rings is 1. The monoisotopic (exact) mass is 1180 g/mol. The zero-order chi connectivity index (χ0) is 64.1. The summed E-state index contributed by atoms with van der Waals surface area (Å²) in [5.74, 6) is 3.03. The molecule has 0 saturated carbocycles. The first kappa shape index (κ1) is 62.3. The molecule has 0 saturated heterocycles. The minimum atomic E-state index is -0.148. The first-order valence-corrected chi connectivity index (χ1v) is 32.0. The van der Waals surface area contributed by atoms with E-state index in [1.165, 1.54) is 44.5 Å². The second-order valence-corrected chi connectivity index (χ2v) is 32.1. The molecule has 0 aliphatic rings. The molecule has 0 unspecified atom stereocenters. The molecule has 6 nitrogen and oxygen atoms in total. The maximum atomic E-state index is 7.03. The molecule has 0 aliphatic heterocycles. The first-order chi connectivity index (χ1) is 41.5. The smallest absolute Gasteiger partial charge is 0.233 e. The molecule has 3 aromatic heterocycles. The molecule has 11 aromatic rings. The summed E-state index contributed by atoms with van der Waals surface area (Å²) in [4.78, 5) is 5.03. The second kappa shape index (κ2) is 22.3. The van der Waals surface area contributed by atoms with Crippen molar-refractivity contribution < 1.29 is 9.30 Å². The van der Waals surface area contributed by atoms with Crippen molar-refractivity contribution in [3.63, 3.8) is 0 Å². The van der Waals surface area contributed by atoms with Gasteiger partial charge in [-0.1, -0.05) is 267 Å². The number of ether oxygens (including phenoxy) is 1. The van der Waals surface area contributed by atoms with Crippen LogP contribution in [-0.2, 0) is 37.9 Å². The summed E-state index contributed by atoms with van der Waals surface area (Å²) in [6.07, 6.45) is 5.85. The van der Waals surface area contributed by atoms with E-state index in [4.69, 9.17) is 14.8 Å². The molecule has 0 radical (unpaired) electrons. The van der Waals surface area contributed by atoms with E-state index in [1.54, 1.807) is 0 Å². The molecule has 0 bridgehead atoms. The highest BCUT2D eigenvalue weighted by atomic mass is 16.5. The highest BCUT2D eigenvalue weighted by Crippen LogP contribution is 2.45. The van der Waals surface area contributed by atoms with Crippen molar-refractivity contribution in [2.24, 2.45) is 0 Å². The minimum Gasteiger partial charge on any atom is -0.458 e. The fourth-order valence-electron chi connectivity index (χ4n) is 11.9. The summed E-state index contributed by atoms with van der Waals surface area (Å²) in [6, 6.07) is 64.9. The summed E-state index contributed by atoms with van der Waals surface area (Å²) in [6.45, 7) is 48.5. The van der Waals surface area contributed by atoms with Gasteiger partial charge in [-0.3, -0.25) is 4.57 Å². The van der Waals surface area contributed by atoms with Crippen LogP contribution in [0.25, 0.3) is 83.8 Å². The summed E-state index contributed by atoms with van der Waals surface area (Å²) < 4.78 is 13.5. The molecular weight excluding hydrogens is 1080 g/mol. The van der Waals surface area contributed by atoms with Gasteiger partial charge in [0.2, 0.25) is 12.2 Å². The summed E-state index contributed by atoms with van der Waals surface area (Å²) in [5.41, 5.74) is 19.9. The molecule has 6 heteroatoms. The van der Waals surface area contributed by atoms with Crippen molar-refractivity contribution in [3.8, 4) is 73.5 Å². The van der Waals surface area contributed by atoms with Crippen LogP contribution in [0, 0.1) is 6.33 Å². The van der Waals surface area contributed by atoms with Crippen LogP contribution < -0.4 is 9.30 Å². The van der Waals surface area contributed by atoms with Crippen LogP contribution in [0.2, 0.25) is 0 Å². The van der Waals surface area contributed by atoms with E-state index in [2.05, 4.69) is 331 Å². The third-order valence-corrected chi connectivity index (χ3v) is 17.7. The molecule has 8 aromatic carbocycles. The van der Waals surface area contributed by atoms with Gasteiger partial charge in [0.1, 0.15) is 17.3 Å². The fourth-order valence-corrected chi connectivity index (χ4v) is 11.9. The Kier molecular flexibility index (Phi) is 15.6. The largest absolute Gasteiger partial charge is 0.458 e. The van der Waals surface area contributed by atoms with Gasteiger partial charge < -0.3 is 9.30 Å². The minimum absolute atomic E-state index is 0.0673. The van der Waals surface area contributed by atoms with Crippen molar-refractivity contribution in [2.45, 2.75) is 183 Å².